The number of nitrogens with zero attached hydrogens (tertiary/aromatic N) is 4. The summed E-state index contributed by atoms with van der Waals surface area (Å²) in [5.74, 6) is 0. The molecule has 5 nitrogen and oxygen atoms in total. The van der Waals surface area contributed by atoms with E-state index in [1.165, 1.54) is 0 Å². The second-order valence-electron chi connectivity index (χ2n) is 9.52. The van der Waals surface area contributed by atoms with Crippen molar-refractivity contribution in [2.75, 3.05) is 0 Å². The van der Waals surface area contributed by atoms with E-state index in [1.807, 2.05) is 36.8 Å². The molecule has 8 rings (SSSR count). The zero-order valence-electron chi connectivity index (χ0n) is 20.3. The minimum atomic E-state index is 0.983. The first-order valence-electron chi connectivity index (χ1n) is 12.6. The number of fused-ring (bicyclic) bond motifs is 6. The van der Waals surface area contributed by atoms with Crippen LogP contribution in [0, 0.1) is 0 Å². The van der Waals surface area contributed by atoms with E-state index in [1.54, 1.807) is 6.20 Å². The van der Waals surface area contributed by atoms with E-state index in [4.69, 9.17) is 4.98 Å². The first kappa shape index (κ1) is 20.9. The van der Waals surface area contributed by atoms with Crippen LogP contribution in [-0.4, -0.2) is 24.5 Å². The third-order valence-corrected chi connectivity index (χ3v) is 7.31. The summed E-state index contributed by atoms with van der Waals surface area (Å²) in [6.07, 6.45) is 7.42. The Morgan fingerprint density at radius 3 is 2.21 bits per heavy atom. The highest BCUT2D eigenvalue weighted by Gasteiger charge is 2.16. The third kappa shape index (κ3) is 3.15. The number of aromatic nitrogens is 5. The van der Waals surface area contributed by atoms with Crippen LogP contribution in [0.4, 0.5) is 0 Å². The van der Waals surface area contributed by atoms with Crippen molar-refractivity contribution < 1.29 is 0 Å². The number of H-pyrrole nitrogens is 1. The Bertz CT molecular complexity index is 2140. The second kappa shape index (κ2) is 8.11. The van der Waals surface area contributed by atoms with Gasteiger partial charge in [0.1, 0.15) is 0 Å². The van der Waals surface area contributed by atoms with Crippen LogP contribution in [0.3, 0.4) is 0 Å². The van der Waals surface area contributed by atoms with Gasteiger partial charge in [-0.25, -0.2) is 0 Å². The van der Waals surface area contributed by atoms with E-state index in [0.29, 0.717) is 0 Å². The first-order valence-corrected chi connectivity index (χ1v) is 12.6. The Balaban J connectivity index is 1.37. The van der Waals surface area contributed by atoms with Crippen molar-refractivity contribution >= 4 is 43.9 Å². The van der Waals surface area contributed by atoms with Gasteiger partial charge in [-0.2, -0.15) is 0 Å². The van der Waals surface area contributed by atoms with Crippen LogP contribution in [-0.2, 0) is 0 Å². The van der Waals surface area contributed by atoms with E-state index in [-0.39, 0.29) is 0 Å². The number of hydrogen-bond acceptors (Lipinski definition) is 3. The van der Waals surface area contributed by atoms with Crippen LogP contribution >= 0.6 is 0 Å². The summed E-state index contributed by atoms with van der Waals surface area (Å²) >= 11 is 0. The number of pyridine rings is 3. The highest BCUT2D eigenvalue weighted by Crippen LogP contribution is 2.36. The summed E-state index contributed by atoms with van der Waals surface area (Å²) in [7, 11) is 0. The molecule has 0 bridgehead atoms. The summed E-state index contributed by atoms with van der Waals surface area (Å²) in [6, 6.07) is 34.1. The molecule has 0 aliphatic heterocycles. The predicted octanol–water partition coefficient (Wildman–Crippen LogP) is 7.94. The monoisotopic (exact) mass is 487 g/mol. The molecule has 0 atom stereocenters. The SMILES string of the molecule is c1cncc(-c2cccc(-c3ccc4c5ncccc5n(-c5ccc6[nH]c7cccnc7c6c5)c4c3)c2)c1. The molecular weight excluding hydrogens is 466 g/mol. The number of nitrogens with one attached hydrogen (secondary N) is 1. The number of benzene rings is 3. The molecule has 0 saturated heterocycles. The molecule has 0 aliphatic rings. The van der Waals surface area contributed by atoms with Crippen molar-refractivity contribution in [1.82, 2.24) is 24.5 Å². The number of hydrogen-bond donors (Lipinski definition) is 1. The van der Waals surface area contributed by atoms with Gasteiger partial charge in [-0.15, -0.1) is 0 Å². The van der Waals surface area contributed by atoms with Gasteiger partial charge in [-0.05, 0) is 83.4 Å². The second-order valence-corrected chi connectivity index (χ2v) is 9.52. The lowest BCUT2D eigenvalue weighted by atomic mass is 9.99. The molecule has 5 aromatic heterocycles. The Morgan fingerprint density at radius 2 is 1.32 bits per heavy atom. The van der Waals surface area contributed by atoms with Gasteiger partial charge < -0.3 is 9.55 Å². The average molecular weight is 488 g/mol. The van der Waals surface area contributed by atoms with E-state index in [0.717, 1.165) is 71.8 Å². The van der Waals surface area contributed by atoms with Crippen LogP contribution in [0.5, 0.6) is 0 Å². The lowest BCUT2D eigenvalue weighted by Gasteiger charge is -2.10. The molecule has 8 aromatic rings. The molecule has 178 valence electrons. The van der Waals surface area contributed by atoms with Gasteiger partial charge >= 0.3 is 0 Å². The van der Waals surface area contributed by atoms with Gasteiger partial charge in [0.15, 0.2) is 0 Å². The van der Waals surface area contributed by atoms with Crippen LogP contribution < -0.4 is 0 Å². The molecule has 0 aliphatic carbocycles. The summed E-state index contributed by atoms with van der Waals surface area (Å²) < 4.78 is 2.31. The van der Waals surface area contributed by atoms with E-state index < -0.39 is 0 Å². The standard InChI is InChI=1S/C33H21N5/c1-5-21(17-22(6-1)24-7-2-14-34-20-24)23-10-12-26-31(18-23)38(30-9-4-16-36-33(26)30)25-11-13-28-27(19-25)32-29(37-28)8-3-15-35-32/h1-20,37H. The van der Waals surface area contributed by atoms with Crippen molar-refractivity contribution in [2.45, 2.75) is 0 Å². The maximum atomic E-state index is 4.77. The zero-order chi connectivity index (χ0) is 25.1. The largest absolute Gasteiger partial charge is 0.353 e. The highest BCUT2D eigenvalue weighted by atomic mass is 15.0. The van der Waals surface area contributed by atoms with Crippen molar-refractivity contribution in [3.63, 3.8) is 0 Å². The van der Waals surface area contributed by atoms with Gasteiger partial charge in [0.2, 0.25) is 0 Å². The topological polar surface area (TPSA) is 59.4 Å². The maximum Gasteiger partial charge on any atom is 0.0963 e. The van der Waals surface area contributed by atoms with Crippen molar-refractivity contribution in [3.05, 3.63) is 122 Å². The fraction of sp³-hybridized carbons (Fsp3) is 0. The van der Waals surface area contributed by atoms with Gasteiger partial charge in [0.25, 0.3) is 0 Å². The smallest absolute Gasteiger partial charge is 0.0963 e. The minimum Gasteiger partial charge on any atom is -0.353 e. The summed E-state index contributed by atoms with van der Waals surface area (Å²) in [6.45, 7) is 0. The van der Waals surface area contributed by atoms with Gasteiger partial charge in [-0.1, -0.05) is 30.3 Å². The molecule has 0 amide bonds. The van der Waals surface area contributed by atoms with Crippen LogP contribution in [0.2, 0.25) is 0 Å². The quantitative estimate of drug-likeness (QED) is 0.275. The average Bonchev–Trinajstić information content (AvgIpc) is 3.52. The van der Waals surface area contributed by atoms with Crippen LogP contribution in [0.15, 0.2) is 122 Å². The first-order chi connectivity index (χ1) is 18.8. The Hall–Kier alpha value is -5.29. The molecule has 5 heteroatoms. The van der Waals surface area contributed by atoms with Gasteiger partial charge in [-0.3, -0.25) is 15.0 Å². The predicted molar refractivity (Wildman–Crippen MR) is 154 cm³/mol. The van der Waals surface area contributed by atoms with Crippen LogP contribution in [0.1, 0.15) is 0 Å². The Morgan fingerprint density at radius 1 is 0.526 bits per heavy atom. The minimum absolute atomic E-state index is 0.983. The number of aromatic amines is 1. The van der Waals surface area contributed by atoms with Crippen molar-refractivity contribution in [1.29, 1.82) is 0 Å². The van der Waals surface area contributed by atoms with Crippen molar-refractivity contribution in [3.8, 4) is 27.9 Å². The van der Waals surface area contributed by atoms with E-state index in [9.17, 15) is 0 Å². The lowest BCUT2D eigenvalue weighted by Crippen LogP contribution is -1.94. The normalized spacial score (nSPS) is 11.7. The lowest BCUT2D eigenvalue weighted by molar-refractivity contribution is 1.18. The molecular formula is C33H21N5. The van der Waals surface area contributed by atoms with E-state index in [2.05, 4.69) is 98.4 Å². The summed E-state index contributed by atoms with van der Waals surface area (Å²) in [4.78, 5) is 17.2. The molecule has 38 heavy (non-hydrogen) atoms. The molecule has 1 N–H and O–H groups in total. The zero-order valence-corrected chi connectivity index (χ0v) is 20.3. The highest BCUT2D eigenvalue weighted by molar-refractivity contribution is 6.09. The fourth-order valence-corrected chi connectivity index (χ4v) is 5.54. The molecule has 0 unspecified atom stereocenters. The molecule has 5 heterocycles. The Kier molecular flexibility index (Phi) is 4.45. The Labute approximate surface area is 218 Å². The van der Waals surface area contributed by atoms with Gasteiger partial charge in [0, 0.05) is 52.3 Å². The third-order valence-electron chi connectivity index (χ3n) is 7.31. The molecule has 0 radical (unpaired) electrons. The maximum absolute atomic E-state index is 4.77. The van der Waals surface area contributed by atoms with E-state index >= 15 is 0 Å². The molecule has 0 saturated carbocycles. The number of rotatable bonds is 3. The summed E-state index contributed by atoms with van der Waals surface area (Å²) in [5.41, 5.74) is 11.9. The van der Waals surface area contributed by atoms with Crippen molar-refractivity contribution in [2.24, 2.45) is 0 Å². The summed E-state index contributed by atoms with van der Waals surface area (Å²) in [5, 5.41) is 2.24. The molecule has 0 spiro atoms. The molecule has 0 fully saturated rings. The van der Waals surface area contributed by atoms with Gasteiger partial charge in [0.05, 0.1) is 27.6 Å². The fourth-order valence-electron chi connectivity index (χ4n) is 5.54. The molecule has 3 aromatic carbocycles. The van der Waals surface area contributed by atoms with Crippen LogP contribution in [0.25, 0.3) is 71.8 Å².